The highest BCUT2D eigenvalue weighted by Crippen LogP contribution is 2.24. The predicted octanol–water partition coefficient (Wildman–Crippen LogP) is 2.16. The summed E-state index contributed by atoms with van der Waals surface area (Å²) in [5.74, 6) is -0.0557. The molecule has 0 radical (unpaired) electrons. The monoisotopic (exact) mass is 347 g/mol. The summed E-state index contributed by atoms with van der Waals surface area (Å²) >= 11 is 4.69. The lowest BCUT2D eigenvalue weighted by atomic mass is 9.92. The number of aromatic nitrogens is 2. The van der Waals surface area contributed by atoms with Gasteiger partial charge in [0.15, 0.2) is 0 Å². The molecule has 1 saturated heterocycles. The molecule has 7 heteroatoms. The van der Waals surface area contributed by atoms with E-state index in [1.165, 1.54) is 11.5 Å². The first-order valence-electron chi connectivity index (χ1n) is 6.48. The Bertz CT molecular complexity index is 432. The fourth-order valence-corrected chi connectivity index (χ4v) is 3.44. The van der Waals surface area contributed by atoms with E-state index in [0.29, 0.717) is 18.1 Å². The van der Waals surface area contributed by atoms with Crippen LogP contribution in [0.15, 0.2) is 0 Å². The topological polar surface area (TPSA) is 64.1 Å². The Balaban J connectivity index is 2.08. The van der Waals surface area contributed by atoms with Crippen LogP contribution in [-0.2, 0) is 11.2 Å². The second-order valence-corrected chi connectivity index (χ2v) is 6.09. The van der Waals surface area contributed by atoms with Gasteiger partial charge < -0.3 is 10.1 Å². The molecule has 1 aromatic rings. The van der Waals surface area contributed by atoms with E-state index in [9.17, 15) is 4.79 Å². The van der Waals surface area contributed by atoms with E-state index in [2.05, 4.69) is 37.8 Å². The molecule has 1 N–H and O–H groups in total. The first-order chi connectivity index (χ1) is 9.21. The molecule has 0 saturated carbocycles. The molecule has 2 heterocycles. The van der Waals surface area contributed by atoms with E-state index in [1.54, 1.807) is 0 Å². The molecule has 19 heavy (non-hydrogen) atoms. The summed E-state index contributed by atoms with van der Waals surface area (Å²) in [6.45, 7) is 3.45. The van der Waals surface area contributed by atoms with Crippen molar-refractivity contribution < 1.29 is 9.53 Å². The molecule has 2 rings (SSSR count). The summed E-state index contributed by atoms with van der Waals surface area (Å²) in [6.07, 6.45) is 3.42. The Morgan fingerprint density at radius 3 is 2.89 bits per heavy atom. The highest BCUT2D eigenvalue weighted by molar-refractivity contribution is 9.09. The smallest absolute Gasteiger partial charge is 0.265 e. The normalized spacial score (nSPS) is 18.2. The second kappa shape index (κ2) is 6.76. The number of nitrogens with one attached hydrogen (secondary N) is 1. The average molecular weight is 348 g/mol. The molecule has 0 bridgehead atoms. The molecular formula is C12H18BrN3O2S. The summed E-state index contributed by atoms with van der Waals surface area (Å²) in [5.41, 5.74) is 0.602. The predicted molar refractivity (Wildman–Crippen MR) is 77.9 cm³/mol. The molecule has 0 spiro atoms. The summed E-state index contributed by atoms with van der Waals surface area (Å²) in [7, 11) is 0. The minimum absolute atomic E-state index is 0.0557. The Labute approximate surface area is 125 Å². The number of amides is 1. The number of carbonyl (C=O) groups is 1. The summed E-state index contributed by atoms with van der Waals surface area (Å²) in [5, 5.41) is 7.93. The van der Waals surface area contributed by atoms with Crippen LogP contribution in [0, 0.1) is 0 Å². The Kier molecular flexibility index (Phi) is 5.29. The molecule has 106 valence electrons. The molecule has 1 aliphatic rings. The molecule has 1 fully saturated rings. The average Bonchev–Trinajstić information content (AvgIpc) is 2.88. The van der Waals surface area contributed by atoms with E-state index in [0.717, 1.165) is 36.7 Å². The number of ether oxygens (including phenoxy) is 1. The van der Waals surface area contributed by atoms with Gasteiger partial charge in [0.25, 0.3) is 5.91 Å². The first-order valence-corrected chi connectivity index (χ1v) is 8.38. The van der Waals surface area contributed by atoms with Gasteiger partial charge in [0, 0.05) is 18.5 Å². The number of rotatable bonds is 5. The van der Waals surface area contributed by atoms with Gasteiger partial charge in [-0.2, -0.15) is 0 Å². The maximum atomic E-state index is 12.4. The fourth-order valence-electron chi connectivity index (χ4n) is 2.13. The lowest BCUT2D eigenvalue weighted by Crippen LogP contribution is -2.53. The van der Waals surface area contributed by atoms with Crippen molar-refractivity contribution in [3.05, 3.63) is 10.6 Å². The van der Waals surface area contributed by atoms with E-state index in [-0.39, 0.29) is 11.4 Å². The third kappa shape index (κ3) is 3.52. The zero-order chi connectivity index (χ0) is 13.7. The number of carbonyl (C=O) groups excluding carboxylic acids is 1. The number of hydrogen-bond donors (Lipinski definition) is 1. The molecule has 1 aliphatic heterocycles. The fraction of sp³-hybridized carbons (Fsp3) is 0.750. The van der Waals surface area contributed by atoms with Crippen molar-refractivity contribution in [2.45, 2.75) is 38.1 Å². The molecule has 0 aliphatic carbocycles. The highest BCUT2D eigenvalue weighted by Gasteiger charge is 2.34. The van der Waals surface area contributed by atoms with Crippen LogP contribution in [0.3, 0.4) is 0 Å². The SMILES string of the molecule is CCCc1nnsc1C(=O)NC1(CBr)CCOCC1. The van der Waals surface area contributed by atoms with Gasteiger partial charge in [-0.05, 0) is 30.8 Å². The van der Waals surface area contributed by atoms with Gasteiger partial charge in [-0.1, -0.05) is 33.8 Å². The summed E-state index contributed by atoms with van der Waals surface area (Å²) in [4.78, 5) is 13.0. The van der Waals surface area contributed by atoms with Crippen molar-refractivity contribution in [3.8, 4) is 0 Å². The van der Waals surface area contributed by atoms with Crippen molar-refractivity contribution in [1.82, 2.24) is 14.9 Å². The third-order valence-electron chi connectivity index (χ3n) is 3.33. The van der Waals surface area contributed by atoms with Crippen LogP contribution in [-0.4, -0.2) is 39.6 Å². The van der Waals surface area contributed by atoms with Crippen molar-refractivity contribution in [2.75, 3.05) is 18.5 Å². The number of nitrogens with zero attached hydrogens (tertiary/aromatic N) is 2. The van der Waals surface area contributed by atoms with Crippen molar-refractivity contribution in [3.63, 3.8) is 0 Å². The van der Waals surface area contributed by atoms with Crippen LogP contribution in [0.25, 0.3) is 0 Å². The Morgan fingerprint density at radius 1 is 1.53 bits per heavy atom. The van der Waals surface area contributed by atoms with Crippen LogP contribution < -0.4 is 5.32 Å². The molecule has 5 nitrogen and oxygen atoms in total. The van der Waals surface area contributed by atoms with Crippen LogP contribution in [0.4, 0.5) is 0 Å². The minimum atomic E-state index is -0.206. The summed E-state index contributed by atoms with van der Waals surface area (Å²) < 4.78 is 9.26. The minimum Gasteiger partial charge on any atom is -0.381 e. The van der Waals surface area contributed by atoms with Crippen LogP contribution in [0.5, 0.6) is 0 Å². The maximum absolute atomic E-state index is 12.4. The highest BCUT2D eigenvalue weighted by atomic mass is 79.9. The number of alkyl halides is 1. The van der Waals surface area contributed by atoms with E-state index in [4.69, 9.17) is 4.74 Å². The molecular weight excluding hydrogens is 330 g/mol. The van der Waals surface area contributed by atoms with Gasteiger partial charge >= 0.3 is 0 Å². The van der Waals surface area contributed by atoms with Crippen LogP contribution in [0.2, 0.25) is 0 Å². The van der Waals surface area contributed by atoms with Crippen LogP contribution >= 0.6 is 27.5 Å². The van der Waals surface area contributed by atoms with Gasteiger partial charge in [0.1, 0.15) is 4.88 Å². The van der Waals surface area contributed by atoms with Gasteiger partial charge in [0.2, 0.25) is 0 Å². The second-order valence-electron chi connectivity index (χ2n) is 4.78. The zero-order valence-electron chi connectivity index (χ0n) is 10.9. The largest absolute Gasteiger partial charge is 0.381 e. The Morgan fingerprint density at radius 2 is 2.26 bits per heavy atom. The molecule has 1 amide bonds. The van der Waals surface area contributed by atoms with Crippen molar-refractivity contribution in [2.24, 2.45) is 0 Å². The standard InChI is InChI=1S/C12H18BrN3O2S/c1-2-3-9-10(19-16-15-9)11(17)14-12(8-13)4-6-18-7-5-12/h2-8H2,1H3,(H,14,17). The maximum Gasteiger partial charge on any atom is 0.265 e. The molecule has 1 aromatic heterocycles. The van der Waals surface area contributed by atoms with Crippen LogP contribution in [0.1, 0.15) is 41.6 Å². The van der Waals surface area contributed by atoms with E-state index >= 15 is 0 Å². The van der Waals surface area contributed by atoms with E-state index < -0.39 is 0 Å². The van der Waals surface area contributed by atoms with Gasteiger partial charge in [-0.15, -0.1) is 5.10 Å². The lowest BCUT2D eigenvalue weighted by molar-refractivity contribution is 0.0443. The van der Waals surface area contributed by atoms with Gasteiger partial charge in [0.05, 0.1) is 11.2 Å². The quantitative estimate of drug-likeness (QED) is 0.829. The van der Waals surface area contributed by atoms with Gasteiger partial charge in [-0.25, -0.2) is 0 Å². The number of aryl methyl sites for hydroxylation is 1. The van der Waals surface area contributed by atoms with Crippen molar-refractivity contribution >= 4 is 33.4 Å². The summed E-state index contributed by atoms with van der Waals surface area (Å²) in [6, 6.07) is 0. The molecule has 0 aromatic carbocycles. The first kappa shape index (κ1) is 14.9. The number of hydrogen-bond acceptors (Lipinski definition) is 5. The Hall–Kier alpha value is -0.530. The molecule has 0 unspecified atom stereocenters. The lowest BCUT2D eigenvalue weighted by Gasteiger charge is -2.36. The third-order valence-corrected chi connectivity index (χ3v) is 5.17. The number of halogens is 1. The van der Waals surface area contributed by atoms with Gasteiger partial charge in [-0.3, -0.25) is 4.79 Å². The van der Waals surface area contributed by atoms with E-state index in [1.807, 2.05) is 0 Å². The van der Waals surface area contributed by atoms with Crippen molar-refractivity contribution in [1.29, 1.82) is 0 Å². The molecule has 0 atom stereocenters. The zero-order valence-corrected chi connectivity index (χ0v) is 13.3.